The zero-order chi connectivity index (χ0) is 18.3. The van der Waals surface area contributed by atoms with E-state index in [4.69, 9.17) is 0 Å². The lowest BCUT2D eigenvalue weighted by Crippen LogP contribution is -2.47. The molecule has 0 bridgehead atoms. The predicted molar refractivity (Wildman–Crippen MR) is 99.2 cm³/mol. The molecule has 3 heterocycles. The molecular formula is C18H22FN5OS. The van der Waals surface area contributed by atoms with E-state index in [1.54, 1.807) is 19.1 Å². The number of fused-ring (bicyclic) bond motifs is 1. The minimum atomic E-state index is -0.344. The summed E-state index contributed by atoms with van der Waals surface area (Å²) >= 11 is 1.37. The van der Waals surface area contributed by atoms with Crippen molar-refractivity contribution in [3.63, 3.8) is 0 Å². The van der Waals surface area contributed by atoms with Gasteiger partial charge >= 0.3 is 0 Å². The Morgan fingerprint density at radius 1 is 1.23 bits per heavy atom. The monoisotopic (exact) mass is 375 g/mol. The molecule has 8 heteroatoms. The lowest BCUT2D eigenvalue weighted by Gasteiger charge is -2.38. The fourth-order valence-electron chi connectivity index (χ4n) is 3.56. The molecule has 1 unspecified atom stereocenters. The molecule has 6 nitrogen and oxygen atoms in total. The first-order chi connectivity index (χ1) is 12.6. The molecule has 0 radical (unpaired) electrons. The number of hydrogen-bond donors (Lipinski definition) is 1. The Kier molecular flexibility index (Phi) is 4.64. The number of aromatic nitrogens is 3. The van der Waals surface area contributed by atoms with Gasteiger partial charge in [0.2, 0.25) is 10.8 Å². The smallest absolute Gasteiger partial charge is 0.230 e. The fraction of sp³-hybridized carbons (Fsp3) is 0.444. The quantitative estimate of drug-likeness (QED) is 0.760. The van der Waals surface area contributed by atoms with Gasteiger partial charge in [0.15, 0.2) is 0 Å². The summed E-state index contributed by atoms with van der Waals surface area (Å²) < 4.78 is 16.1. The van der Waals surface area contributed by atoms with Gasteiger partial charge in [-0.2, -0.15) is 4.52 Å². The van der Waals surface area contributed by atoms with E-state index in [-0.39, 0.29) is 17.7 Å². The molecule has 1 aromatic carbocycles. The van der Waals surface area contributed by atoms with E-state index in [0.717, 1.165) is 32.7 Å². The highest BCUT2D eigenvalue weighted by molar-refractivity contribution is 7.17. The predicted octanol–water partition coefficient (Wildman–Crippen LogP) is 2.67. The van der Waals surface area contributed by atoms with E-state index in [2.05, 4.69) is 26.8 Å². The van der Waals surface area contributed by atoms with Gasteiger partial charge in [-0.05, 0) is 19.5 Å². The zero-order valence-corrected chi connectivity index (χ0v) is 15.7. The van der Waals surface area contributed by atoms with Crippen molar-refractivity contribution in [2.75, 3.05) is 32.7 Å². The Labute approximate surface area is 155 Å². The minimum absolute atomic E-state index is 0.0526. The van der Waals surface area contributed by atoms with Gasteiger partial charge in [0, 0.05) is 31.7 Å². The maximum atomic E-state index is 14.6. The highest BCUT2D eigenvalue weighted by Gasteiger charge is 2.32. The van der Waals surface area contributed by atoms with Gasteiger partial charge in [-0.1, -0.05) is 36.5 Å². The van der Waals surface area contributed by atoms with Crippen LogP contribution in [-0.4, -0.2) is 62.2 Å². The van der Waals surface area contributed by atoms with Crippen molar-refractivity contribution in [2.45, 2.75) is 19.9 Å². The van der Waals surface area contributed by atoms with Crippen LogP contribution in [0, 0.1) is 12.7 Å². The van der Waals surface area contributed by atoms with Crippen LogP contribution in [0.25, 0.3) is 4.96 Å². The van der Waals surface area contributed by atoms with Gasteiger partial charge in [0.05, 0.1) is 10.9 Å². The Morgan fingerprint density at radius 3 is 2.62 bits per heavy atom. The van der Waals surface area contributed by atoms with Crippen molar-refractivity contribution in [1.82, 2.24) is 24.4 Å². The summed E-state index contributed by atoms with van der Waals surface area (Å²) in [5.74, 6) is 0.402. The average Bonchev–Trinajstić information content (AvgIpc) is 3.15. The molecule has 3 aromatic rings. The first-order valence-corrected chi connectivity index (χ1v) is 9.66. The van der Waals surface area contributed by atoms with Gasteiger partial charge in [-0.25, -0.2) is 9.37 Å². The molecule has 1 aliphatic heterocycles. The molecule has 4 rings (SSSR count). The van der Waals surface area contributed by atoms with Gasteiger partial charge in [0.1, 0.15) is 11.6 Å². The van der Waals surface area contributed by atoms with Gasteiger partial charge < -0.3 is 10.0 Å². The molecule has 0 amide bonds. The lowest BCUT2D eigenvalue weighted by molar-refractivity contribution is 0.112. The average molecular weight is 375 g/mol. The normalized spacial score (nSPS) is 17.8. The van der Waals surface area contributed by atoms with Crippen molar-refractivity contribution >= 4 is 16.3 Å². The number of benzene rings is 1. The van der Waals surface area contributed by atoms with Crippen LogP contribution in [0.15, 0.2) is 24.3 Å². The molecular weight excluding hydrogens is 353 g/mol. The van der Waals surface area contributed by atoms with Gasteiger partial charge in [-0.15, -0.1) is 5.10 Å². The van der Waals surface area contributed by atoms with Crippen LogP contribution in [0.2, 0.25) is 0 Å². The van der Waals surface area contributed by atoms with E-state index in [0.29, 0.717) is 21.2 Å². The maximum absolute atomic E-state index is 14.6. The molecule has 1 saturated heterocycles. The van der Waals surface area contributed by atoms with Crippen molar-refractivity contribution in [3.05, 3.63) is 46.3 Å². The van der Waals surface area contributed by atoms with Crippen LogP contribution in [0.5, 0.6) is 5.88 Å². The van der Waals surface area contributed by atoms with E-state index in [9.17, 15) is 9.50 Å². The summed E-state index contributed by atoms with van der Waals surface area (Å²) in [7, 11) is 0. The van der Waals surface area contributed by atoms with Crippen LogP contribution < -0.4 is 0 Å². The second-order valence-corrected chi connectivity index (χ2v) is 7.55. The summed E-state index contributed by atoms with van der Waals surface area (Å²) in [6.07, 6.45) is 0. The molecule has 26 heavy (non-hydrogen) atoms. The van der Waals surface area contributed by atoms with E-state index >= 15 is 0 Å². The van der Waals surface area contributed by atoms with Crippen molar-refractivity contribution in [1.29, 1.82) is 0 Å². The minimum Gasteiger partial charge on any atom is -0.492 e. The Bertz CT molecular complexity index is 916. The van der Waals surface area contributed by atoms with Crippen LogP contribution in [-0.2, 0) is 0 Å². The summed E-state index contributed by atoms with van der Waals surface area (Å²) in [5, 5.41) is 15.0. The zero-order valence-electron chi connectivity index (χ0n) is 14.9. The molecule has 0 spiro atoms. The number of aromatic hydroxyl groups is 1. The van der Waals surface area contributed by atoms with Crippen LogP contribution >= 0.6 is 11.3 Å². The fourth-order valence-corrected chi connectivity index (χ4v) is 4.72. The molecule has 1 N–H and O–H groups in total. The maximum Gasteiger partial charge on any atom is 0.230 e. The Balaban J connectivity index is 1.78. The number of aryl methyl sites for hydroxylation is 1. The van der Waals surface area contributed by atoms with Crippen LogP contribution in [0.4, 0.5) is 4.39 Å². The largest absolute Gasteiger partial charge is 0.492 e. The molecule has 2 aromatic heterocycles. The standard InChI is InChI=1S/C18H22FN5OS/c1-3-22-8-10-23(11-9-22)15(13-6-4-5-7-14(13)19)16-17(25)24-18(26-16)20-12(2)21-24/h4-7,15,25H,3,8-11H2,1-2H3. The highest BCUT2D eigenvalue weighted by atomic mass is 32.1. The number of halogens is 1. The van der Waals surface area contributed by atoms with Crippen LogP contribution in [0.1, 0.15) is 29.2 Å². The van der Waals surface area contributed by atoms with E-state index < -0.39 is 0 Å². The first-order valence-electron chi connectivity index (χ1n) is 8.84. The lowest BCUT2D eigenvalue weighted by atomic mass is 10.0. The molecule has 0 saturated carbocycles. The van der Waals surface area contributed by atoms with Gasteiger partial charge in [0.25, 0.3) is 0 Å². The van der Waals surface area contributed by atoms with E-state index in [1.165, 1.54) is 21.9 Å². The molecule has 0 aliphatic carbocycles. The van der Waals surface area contributed by atoms with Crippen molar-refractivity contribution in [3.8, 4) is 5.88 Å². The third kappa shape index (κ3) is 2.98. The number of piperazine rings is 1. The van der Waals surface area contributed by atoms with Crippen molar-refractivity contribution in [2.24, 2.45) is 0 Å². The Hall–Kier alpha value is -2.03. The number of likely N-dealkylation sites (N-methyl/N-ethyl adjacent to an activating group) is 1. The molecule has 1 fully saturated rings. The molecule has 138 valence electrons. The second kappa shape index (κ2) is 6.94. The summed E-state index contributed by atoms with van der Waals surface area (Å²) in [4.78, 5) is 10.3. The molecule has 1 aliphatic rings. The van der Waals surface area contributed by atoms with E-state index in [1.807, 2.05) is 6.07 Å². The van der Waals surface area contributed by atoms with Gasteiger partial charge in [-0.3, -0.25) is 4.90 Å². The number of nitrogens with zero attached hydrogens (tertiary/aromatic N) is 5. The third-order valence-corrected chi connectivity index (χ3v) is 6.05. The molecule has 1 atom stereocenters. The SMILES string of the molecule is CCN1CCN(C(c2ccccc2F)c2sc3nc(C)nn3c2O)CC1. The first kappa shape index (κ1) is 17.4. The summed E-state index contributed by atoms with van der Waals surface area (Å²) in [5.41, 5.74) is 0.578. The second-order valence-electron chi connectivity index (χ2n) is 6.54. The summed E-state index contributed by atoms with van der Waals surface area (Å²) in [6, 6.07) is 6.46. The number of rotatable bonds is 4. The van der Waals surface area contributed by atoms with Crippen LogP contribution in [0.3, 0.4) is 0 Å². The Morgan fingerprint density at radius 2 is 1.96 bits per heavy atom. The topological polar surface area (TPSA) is 56.9 Å². The number of hydrogen-bond acceptors (Lipinski definition) is 6. The summed E-state index contributed by atoms with van der Waals surface area (Å²) in [6.45, 7) is 8.46. The highest BCUT2D eigenvalue weighted by Crippen LogP contribution is 2.40. The van der Waals surface area contributed by atoms with Crippen molar-refractivity contribution < 1.29 is 9.50 Å². The third-order valence-electron chi connectivity index (χ3n) is 4.97. The number of thiazole rings is 1.